The highest BCUT2D eigenvalue weighted by Gasteiger charge is 2.25. The van der Waals surface area contributed by atoms with Crippen LogP contribution in [0, 0.1) is 6.92 Å². The molecule has 1 saturated heterocycles. The first-order valence-electron chi connectivity index (χ1n) is 10.1. The second kappa shape index (κ2) is 9.73. The van der Waals surface area contributed by atoms with Gasteiger partial charge in [0.15, 0.2) is 0 Å². The molecule has 2 aromatic rings. The van der Waals surface area contributed by atoms with Gasteiger partial charge in [-0.3, -0.25) is 4.90 Å². The molecule has 0 N–H and O–H groups in total. The fourth-order valence-electron chi connectivity index (χ4n) is 3.60. The van der Waals surface area contributed by atoms with Crippen LogP contribution in [0.2, 0.25) is 0 Å². The molecule has 160 valence electrons. The number of methoxy groups -OCH3 is 1. The highest BCUT2D eigenvalue weighted by molar-refractivity contribution is 7.91. The van der Waals surface area contributed by atoms with Gasteiger partial charge in [0, 0.05) is 33.3 Å². The standard InChI is InChI=1S/C21H31N3O4S/c1-4-29(25,26)21-22-15-18(24(21)13-14-27-3)16-23-11-9-19(10-12-23)28-20-8-6-5-7-17(20)2/h5-8,15,19H,4,9-14,16H2,1-3H3. The summed E-state index contributed by atoms with van der Waals surface area (Å²) in [6, 6.07) is 8.10. The van der Waals surface area contributed by atoms with E-state index in [1.54, 1.807) is 24.8 Å². The summed E-state index contributed by atoms with van der Waals surface area (Å²) in [7, 11) is -1.75. The minimum Gasteiger partial charge on any atom is -0.490 e. The molecule has 7 nitrogen and oxygen atoms in total. The third kappa shape index (κ3) is 5.38. The first-order chi connectivity index (χ1) is 13.9. The van der Waals surface area contributed by atoms with E-state index in [0.29, 0.717) is 19.7 Å². The normalized spacial score (nSPS) is 16.2. The molecule has 0 spiro atoms. The van der Waals surface area contributed by atoms with Crippen LogP contribution in [0.15, 0.2) is 35.6 Å². The van der Waals surface area contributed by atoms with Crippen molar-refractivity contribution in [2.45, 2.75) is 51.0 Å². The fraction of sp³-hybridized carbons (Fsp3) is 0.571. The number of hydrogen-bond donors (Lipinski definition) is 0. The van der Waals surface area contributed by atoms with E-state index in [-0.39, 0.29) is 17.0 Å². The van der Waals surface area contributed by atoms with Crippen molar-refractivity contribution in [1.29, 1.82) is 0 Å². The van der Waals surface area contributed by atoms with Crippen LogP contribution in [0.3, 0.4) is 0 Å². The van der Waals surface area contributed by atoms with Crippen LogP contribution < -0.4 is 4.74 Å². The second-order valence-electron chi connectivity index (χ2n) is 7.44. The maximum absolute atomic E-state index is 12.4. The Bertz CT molecular complexity index is 902. The van der Waals surface area contributed by atoms with E-state index < -0.39 is 9.84 Å². The number of imidazole rings is 1. The summed E-state index contributed by atoms with van der Waals surface area (Å²) in [5.41, 5.74) is 2.06. The summed E-state index contributed by atoms with van der Waals surface area (Å²) >= 11 is 0. The molecule has 1 aliphatic heterocycles. The quantitative estimate of drug-likeness (QED) is 0.620. The van der Waals surface area contributed by atoms with Gasteiger partial charge in [-0.05, 0) is 31.4 Å². The van der Waals surface area contributed by atoms with E-state index >= 15 is 0 Å². The molecule has 0 bridgehead atoms. The number of aromatic nitrogens is 2. The second-order valence-corrected chi connectivity index (χ2v) is 9.61. The Morgan fingerprint density at radius 3 is 2.59 bits per heavy atom. The molecule has 29 heavy (non-hydrogen) atoms. The minimum absolute atomic E-state index is 0.0398. The van der Waals surface area contributed by atoms with E-state index in [4.69, 9.17) is 9.47 Å². The molecule has 1 aromatic carbocycles. The highest BCUT2D eigenvalue weighted by Crippen LogP contribution is 2.23. The van der Waals surface area contributed by atoms with Crippen molar-refractivity contribution in [3.63, 3.8) is 0 Å². The summed E-state index contributed by atoms with van der Waals surface area (Å²) in [4.78, 5) is 6.56. The van der Waals surface area contributed by atoms with Crippen molar-refractivity contribution < 1.29 is 17.9 Å². The highest BCUT2D eigenvalue weighted by atomic mass is 32.2. The lowest BCUT2D eigenvalue weighted by Crippen LogP contribution is -2.38. The van der Waals surface area contributed by atoms with Crippen LogP contribution in [-0.4, -0.2) is 61.5 Å². The fourth-order valence-corrected chi connectivity index (χ4v) is 4.62. The van der Waals surface area contributed by atoms with Gasteiger partial charge in [-0.25, -0.2) is 13.4 Å². The van der Waals surface area contributed by atoms with Crippen molar-refractivity contribution in [3.8, 4) is 5.75 Å². The number of hydrogen-bond acceptors (Lipinski definition) is 6. The summed E-state index contributed by atoms with van der Waals surface area (Å²) in [5, 5.41) is 0.143. The van der Waals surface area contributed by atoms with E-state index in [2.05, 4.69) is 22.9 Å². The van der Waals surface area contributed by atoms with Crippen LogP contribution >= 0.6 is 0 Å². The molecule has 0 saturated carbocycles. The van der Waals surface area contributed by atoms with Gasteiger partial charge in [0.25, 0.3) is 0 Å². The number of sulfone groups is 1. The Hall–Kier alpha value is -1.90. The van der Waals surface area contributed by atoms with Crippen LogP contribution in [0.1, 0.15) is 31.0 Å². The molecular weight excluding hydrogens is 390 g/mol. The van der Waals surface area contributed by atoms with Crippen molar-refractivity contribution in [1.82, 2.24) is 14.5 Å². The largest absolute Gasteiger partial charge is 0.490 e. The average Bonchev–Trinajstić information content (AvgIpc) is 3.12. The van der Waals surface area contributed by atoms with Crippen molar-refractivity contribution in [3.05, 3.63) is 41.7 Å². The maximum atomic E-state index is 12.4. The number of nitrogens with zero attached hydrogens (tertiary/aromatic N) is 3. The number of aryl methyl sites for hydroxylation is 1. The van der Waals surface area contributed by atoms with Crippen LogP contribution in [0.4, 0.5) is 0 Å². The molecule has 0 aliphatic carbocycles. The number of likely N-dealkylation sites (tertiary alicyclic amines) is 1. The number of piperidine rings is 1. The molecule has 0 amide bonds. The molecule has 8 heteroatoms. The first-order valence-corrected chi connectivity index (χ1v) is 11.8. The third-order valence-corrected chi connectivity index (χ3v) is 7.03. The molecule has 1 fully saturated rings. The van der Waals surface area contributed by atoms with E-state index in [1.165, 1.54) is 0 Å². The molecule has 0 atom stereocenters. The van der Waals surface area contributed by atoms with Gasteiger partial charge in [-0.1, -0.05) is 25.1 Å². The molecule has 3 rings (SSSR count). The lowest BCUT2D eigenvalue weighted by molar-refractivity contribution is 0.0943. The molecule has 1 aliphatic rings. The average molecular weight is 422 g/mol. The summed E-state index contributed by atoms with van der Waals surface area (Å²) in [5.74, 6) is 0.996. The molecular formula is C21H31N3O4S. The van der Waals surface area contributed by atoms with Crippen LogP contribution in [0.5, 0.6) is 5.75 Å². The number of benzene rings is 1. The monoisotopic (exact) mass is 421 g/mol. The molecule has 2 heterocycles. The Morgan fingerprint density at radius 1 is 1.21 bits per heavy atom. The molecule has 0 radical (unpaired) electrons. The van der Waals surface area contributed by atoms with Gasteiger partial charge in [-0.15, -0.1) is 0 Å². The Labute approximate surface area is 173 Å². The summed E-state index contributed by atoms with van der Waals surface area (Å²) in [6.07, 6.45) is 3.79. The van der Waals surface area contributed by atoms with E-state index in [9.17, 15) is 8.42 Å². The Kier molecular flexibility index (Phi) is 7.32. The third-order valence-electron chi connectivity index (χ3n) is 5.39. The first kappa shape index (κ1) is 21.8. The zero-order valence-electron chi connectivity index (χ0n) is 17.5. The lowest BCUT2D eigenvalue weighted by atomic mass is 10.1. The molecule has 1 aromatic heterocycles. The van der Waals surface area contributed by atoms with Crippen molar-refractivity contribution in [2.24, 2.45) is 0 Å². The predicted molar refractivity (Wildman–Crippen MR) is 112 cm³/mol. The van der Waals surface area contributed by atoms with E-state index in [1.807, 2.05) is 18.2 Å². The zero-order valence-corrected chi connectivity index (χ0v) is 18.3. The minimum atomic E-state index is -3.37. The Morgan fingerprint density at radius 2 is 1.93 bits per heavy atom. The van der Waals surface area contributed by atoms with Gasteiger partial charge in [0.05, 0.1) is 24.3 Å². The predicted octanol–water partition coefficient (Wildman–Crippen LogP) is 2.67. The van der Waals surface area contributed by atoms with Gasteiger partial charge in [0.2, 0.25) is 15.0 Å². The van der Waals surface area contributed by atoms with E-state index in [0.717, 1.165) is 42.9 Å². The Balaban J connectivity index is 1.63. The summed E-state index contributed by atoms with van der Waals surface area (Å²) in [6.45, 7) is 7.11. The smallest absolute Gasteiger partial charge is 0.227 e. The SMILES string of the molecule is CCS(=O)(=O)c1ncc(CN2CCC(Oc3ccccc3C)CC2)n1CCOC. The number of para-hydroxylation sites is 1. The van der Waals surface area contributed by atoms with Gasteiger partial charge in [0.1, 0.15) is 11.9 Å². The number of rotatable bonds is 9. The van der Waals surface area contributed by atoms with Gasteiger partial charge >= 0.3 is 0 Å². The molecule has 0 unspecified atom stereocenters. The van der Waals surface area contributed by atoms with Crippen molar-refractivity contribution in [2.75, 3.05) is 32.6 Å². The topological polar surface area (TPSA) is 73.7 Å². The van der Waals surface area contributed by atoms with Crippen LogP contribution in [-0.2, 0) is 27.7 Å². The van der Waals surface area contributed by atoms with Crippen LogP contribution in [0.25, 0.3) is 0 Å². The number of ether oxygens (including phenoxy) is 2. The van der Waals surface area contributed by atoms with Gasteiger partial charge < -0.3 is 14.0 Å². The lowest BCUT2D eigenvalue weighted by Gasteiger charge is -2.32. The maximum Gasteiger partial charge on any atom is 0.227 e. The van der Waals surface area contributed by atoms with Crippen molar-refractivity contribution >= 4 is 9.84 Å². The zero-order chi connectivity index (χ0) is 20.9. The summed E-state index contributed by atoms with van der Waals surface area (Å²) < 4.78 is 37.9. The van der Waals surface area contributed by atoms with Gasteiger partial charge in [-0.2, -0.15) is 0 Å².